The number of carbonyl (C=O) groups excluding carboxylic acids is 2. The van der Waals surface area contributed by atoms with Gasteiger partial charge in [-0.15, -0.1) is 0 Å². The van der Waals surface area contributed by atoms with E-state index >= 15 is 0 Å². The molecule has 0 aromatic heterocycles. The number of ether oxygens (including phenoxy) is 1. The molecular formula is C23H30N2O3. The summed E-state index contributed by atoms with van der Waals surface area (Å²) >= 11 is 0. The van der Waals surface area contributed by atoms with Gasteiger partial charge in [-0.3, -0.25) is 9.59 Å². The summed E-state index contributed by atoms with van der Waals surface area (Å²) in [4.78, 5) is 27.6. The fourth-order valence-corrected chi connectivity index (χ4v) is 3.10. The van der Waals surface area contributed by atoms with Gasteiger partial charge >= 0.3 is 0 Å². The Labute approximate surface area is 167 Å². The Kier molecular flexibility index (Phi) is 8.05. The Morgan fingerprint density at radius 1 is 1.00 bits per heavy atom. The van der Waals surface area contributed by atoms with Crippen molar-refractivity contribution in [2.45, 2.75) is 52.2 Å². The monoisotopic (exact) mass is 382 g/mol. The van der Waals surface area contributed by atoms with Gasteiger partial charge < -0.3 is 15.0 Å². The Balaban J connectivity index is 2.26. The first-order chi connectivity index (χ1) is 13.4. The zero-order valence-corrected chi connectivity index (χ0v) is 17.1. The summed E-state index contributed by atoms with van der Waals surface area (Å²) < 4.78 is 5.21. The number of nitrogens with zero attached hydrogens (tertiary/aromatic N) is 1. The molecule has 1 atom stereocenters. The van der Waals surface area contributed by atoms with Crippen molar-refractivity contribution in [1.82, 2.24) is 10.2 Å². The average molecular weight is 383 g/mol. The first-order valence-electron chi connectivity index (χ1n) is 9.71. The summed E-state index contributed by atoms with van der Waals surface area (Å²) in [5, 5.41) is 2.94. The van der Waals surface area contributed by atoms with Crippen molar-refractivity contribution in [2.24, 2.45) is 0 Å². The van der Waals surface area contributed by atoms with Gasteiger partial charge in [-0.1, -0.05) is 49.4 Å². The van der Waals surface area contributed by atoms with Gasteiger partial charge in [-0.25, -0.2) is 0 Å². The largest absolute Gasteiger partial charge is 0.497 e. The van der Waals surface area contributed by atoms with Gasteiger partial charge in [0.25, 0.3) is 0 Å². The van der Waals surface area contributed by atoms with E-state index in [1.165, 1.54) is 0 Å². The molecule has 0 heterocycles. The van der Waals surface area contributed by atoms with Gasteiger partial charge in [-0.2, -0.15) is 0 Å². The summed E-state index contributed by atoms with van der Waals surface area (Å²) in [6.45, 7) is 6.15. The molecule has 5 nitrogen and oxygen atoms in total. The Hall–Kier alpha value is -2.82. The molecule has 0 aliphatic rings. The standard InChI is InChI=1S/C23H30N2O3/c1-5-21(23(27)24-17(2)3)25(16-19-11-13-20(28-4)14-12-19)22(26)15-18-9-7-6-8-10-18/h6-14,17,21H,5,15-16H2,1-4H3,(H,24,27). The maximum Gasteiger partial charge on any atom is 0.243 e. The fourth-order valence-electron chi connectivity index (χ4n) is 3.10. The van der Waals surface area contributed by atoms with Crippen molar-refractivity contribution in [3.8, 4) is 5.75 Å². The predicted octanol–water partition coefficient (Wildman–Crippen LogP) is 3.57. The van der Waals surface area contributed by atoms with Crippen LogP contribution in [-0.4, -0.2) is 35.9 Å². The number of hydrogen-bond acceptors (Lipinski definition) is 3. The lowest BCUT2D eigenvalue weighted by atomic mass is 10.1. The number of amides is 2. The number of rotatable bonds is 9. The minimum Gasteiger partial charge on any atom is -0.497 e. The van der Waals surface area contributed by atoms with E-state index in [1.807, 2.05) is 75.4 Å². The Morgan fingerprint density at radius 2 is 1.64 bits per heavy atom. The molecular weight excluding hydrogens is 352 g/mol. The van der Waals surface area contributed by atoms with E-state index in [1.54, 1.807) is 12.0 Å². The molecule has 0 fully saturated rings. The molecule has 1 N–H and O–H groups in total. The molecule has 2 aromatic carbocycles. The zero-order valence-electron chi connectivity index (χ0n) is 17.1. The van der Waals surface area contributed by atoms with Crippen LogP contribution in [0.15, 0.2) is 54.6 Å². The van der Waals surface area contributed by atoms with Crippen LogP contribution in [0.3, 0.4) is 0 Å². The summed E-state index contributed by atoms with van der Waals surface area (Å²) in [6.07, 6.45) is 0.817. The van der Waals surface area contributed by atoms with E-state index in [4.69, 9.17) is 4.74 Å². The Bertz CT molecular complexity index is 757. The molecule has 0 bridgehead atoms. The van der Waals surface area contributed by atoms with Crippen LogP contribution in [-0.2, 0) is 22.6 Å². The van der Waals surface area contributed by atoms with Gasteiger partial charge in [0.1, 0.15) is 11.8 Å². The van der Waals surface area contributed by atoms with Crippen LogP contribution in [0.5, 0.6) is 5.75 Å². The molecule has 0 radical (unpaired) electrons. The number of carbonyl (C=O) groups is 2. The molecule has 5 heteroatoms. The topological polar surface area (TPSA) is 58.6 Å². The maximum absolute atomic E-state index is 13.2. The molecule has 0 saturated carbocycles. The third-order valence-electron chi connectivity index (χ3n) is 4.53. The average Bonchev–Trinajstić information content (AvgIpc) is 2.68. The molecule has 2 rings (SSSR count). The lowest BCUT2D eigenvalue weighted by molar-refractivity contribution is -0.141. The Morgan fingerprint density at radius 3 is 2.18 bits per heavy atom. The summed E-state index contributed by atoms with van der Waals surface area (Å²) in [6, 6.07) is 16.7. The number of hydrogen-bond donors (Lipinski definition) is 1. The van der Waals surface area contributed by atoms with E-state index in [2.05, 4.69) is 5.32 Å². The zero-order chi connectivity index (χ0) is 20.5. The number of benzene rings is 2. The van der Waals surface area contributed by atoms with E-state index in [9.17, 15) is 9.59 Å². The molecule has 0 saturated heterocycles. The molecule has 28 heavy (non-hydrogen) atoms. The van der Waals surface area contributed by atoms with Gasteiger partial charge in [0, 0.05) is 12.6 Å². The van der Waals surface area contributed by atoms with Gasteiger partial charge in [0.2, 0.25) is 11.8 Å². The first kappa shape index (κ1) is 21.5. The minimum atomic E-state index is -0.513. The van der Waals surface area contributed by atoms with Gasteiger partial charge in [-0.05, 0) is 43.5 Å². The first-order valence-corrected chi connectivity index (χ1v) is 9.71. The highest BCUT2D eigenvalue weighted by atomic mass is 16.5. The van der Waals surface area contributed by atoms with Crippen LogP contribution >= 0.6 is 0 Å². The van der Waals surface area contributed by atoms with Crippen LogP contribution < -0.4 is 10.1 Å². The summed E-state index contributed by atoms with van der Waals surface area (Å²) in [7, 11) is 1.62. The molecule has 0 aliphatic carbocycles. The lowest BCUT2D eigenvalue weighted by Crippen LogP contribution is -2.50. The molecule has 0 spiro atoms. The van der Waals surface area contributed by atoms with Gasteiger partial charge in [0.05, 0.1) is 13.5 Å². The highest BCUT2D eigenvalue weighted by Crippen LogP contribution is 2.17. The predicted molar refractivity (Wildman–Crippen MR) is 111 cm³/mol. The van der Waals surface area contributed by atoms with Crippen LogP contribution in [0.1, 0.15) is 38.3 Å². The quantitative estimate of drug-likeness (QED) is 0.721. The van der Waals surface area contributed by atoms with Crippen LogP contribution in [0.4, 0.5) is 0 Å². The number of nitrogens with one attached hydrogen (secondary N) is 1. The van der Waals surface area contributed by atoms with Crippen molar-refractivity contribution in [3.63, 3.8) is 0 Å². The summed E-state index contributed by atoms with van der Waals surface area (Å²) in [5.41, 5.74) is 1.89. The molecule has 1 unspecified atom stereocenters. The third-order valence-corrected chi connectivity index (χ3v) is 4.53. The highest BCUT2D eigenvalue weighted by Gasteiger charge is 2.28. The van der Waals surface area contributed by atoms with Crippen molar-refractivity contribution < 1.29 is 14.3 Å². The summed E-state index contributed by atoms with van der Waals surface area (Å²) in [5.74, 6) is 0.579. The normalized spacial score (nSPS) is 11.8. The smallest absolute Gasteiger partial charge is 0.243 e. The third kappa shape index (κ3) is 6.12. The molecule has 2 amide bonds. The minimum absolute atomic E-state index is 0.0219. The maximum atomic E-state index is 13.2. The fraction of sp³-hybridized carbons (Fsp3) is 0.391. The van der Waals surface area contributed by atoms with E-state index in [0.29, 0.717) is 13.0 Å². The van der Waals surface area contributed by atoms with Crippen molar-refractivity contribution >= 4 is 11.8 Å². The second-order valence-electron chi connectivity index (χ2n) is 7.12. The number of methoxy groups -OCH3 is 1. The molecule has 2 aromatic rings. The van der Waals surface area contributed by atoms with Gasteiger partial charge in [0.15, 0.2) is 0 Å². The molecule has 0 aliphatic heterocycles. The SMILES string of the molecule is CCC(C(=O)NC(C)C)N(Cc1ccc(OC)cc1)C(=O)Cc1ccccc1. The highest BCUT2D eigenvalue weighted by molar-refractivity contribution is 5.88. The second-order valence-corrected chi connectivity index (χ2v) is 7.12. The van der Waals surface area contributed by atoms with Crippen LogP contribution in [0.25, 0.3) is 0 Å². The van der Waals surface area contributed by atoms with Crippen molar-refractivity contribution in [1.29, 1.82) is 0 Å². The van der Waals surface area contributed by atoms with Crippen molar-refractivity contribution in [3.05, 3.63) is 65.7 Å². The van der Waals surface area contributed by atoms with Crippen LogP contribution in [0, 0.1) is 0 Å². The second kappa shape index (κ2) is 10.5. The molecule has 150 valence electrons. The van der Waals surface area contributed by atoms with Crippen LogP contribution in [0.2, 0.25) is 0 Å². The van der Waals surface area contributed by atoms with E-state index in [-0.39, 0.29) is 24.3 Å². The van der Waals surface area contributed by atoms with E-state index in [0.717, 1.165) is 16.9 Å². The lowest BCUT2D eigenvalue weighted by Gasteiger charge is -2.31. The van der Waals surface area contributed by atoms with E-state index < -0.39 is 6.04 Å². The van der Waals surface area contributed by atoms with Crippen molar-refractivity contribution in [2.75, 3.05) is 7.11 Å².